The first-order valence-electron chi connectivity index (χ1n) is 8.50. The van der Waals surface area contributed by atoms with Crippen LogP contribution in [-0.4, -0.2) is 31.4 Å². The van der Waals surface area contributed by atoms with Crippen LogP contribution in [0.1, 0.15) is 51.5 Å². The molecular weight excluding hydrogens is 304 g/mol. The van der Waals surface area contributed by atoms with Gasteiger partial charge in [-0.15, -0.1) is 10.2 Å². The Bertz CT molecular complexity index is 633. The van der Waals surface area contributed by atoms with Gasteiger partial charge in [-0.2, -0.15) is 0 Å². The Morgan fingerprint density at radius 1 is 1.21 bits per heavy atom. The van der Waals surface area contributed by atoms with Crippen molar-refractivity contribution < 1.29 is 9.90 Å². The SMILES string of the molecule is CCCC(O)(CCC)CC(=O)Nc1nncn1Cc1ccccc1. The van der Waals surface area contributed by atoms with Gasteiger partial charge in [-0.3, -0.25) is 14.7 Å². The summed E-state index contributed by atoms with van der Waals surface area (Å²) in [4.78, 5) is 12.3. The normalized spacial score (nSPS) is 11.5. The standard InChI is InChI=1S/C18H26N4O2/c1-3-10-18(24,11-4-2)12-16(23)20-17-21-19-14-22(17)13-15-8-6-5-7-9-15/h5-9,14,24H,3-4,10-13H2,1-2H3,(H,20,21,23). The number of rotatable bonds is 9. The fraction of sp³-hybridized carbons (Fsp3) is 0.500. The Balaban J connectivity index is 2.01. The van der Waals surface area contributed by atoms with E-state index in [9.17, 15) is 9.90 Å². The first kappa shape index (κ1) is 18.1. The van der Waals surface area contributed by atoms with Crippen LogP contribution in [0.2, 0.25) is 0 Å². The zero-order valence-corrected chi connectivity index (χ0v) is 14.4. The highest BCUT2D eigenvalue weighted by molar-refractivity contribution is 5.89. The van der Waals surface area contributed by atoms with E-state index in [0.29, 0.717) is 25.3 Å². The average molecular weight is 330 g/mol. The van der Waals surface area contributed by atoms with Crippen LogP contribution in [0.15, 0.2) is 36.7 Å². The minimum atomic E-state index is -0.947. The van der Waals surface area contributed by atoms with Gasteiger partial charge in [0.1, 0.15) is 6.33 Å². The van der Waals surface area contributed by atoms with Gasteiger partial charge in [-0.25, -0.2) is 0 Å². The molecule has 130 valence electrons. The van der Waals surface area contributed by atoms with E-state index in [-0.39, 0.29) is 12.3 Å². The van der Waals surface area contributed by atoms with Crippen LogP contribution in [-0.2, 0) is 11.3 Å². The molecule has 0 bridgehead atoms. The molecule has 24 heavy (non-hydrogen) atoms. The van der Waals surface area contributed by atoms with E-state index in [2.05, 4.69) is 15.5 Å². The van der Waals surface area contributed by atoms with E-state index >= 15 is 0 Å². The number of anilines is 1. The van der Waals surface area contributed by atoms with Crippen molar-refractivity contribution in [3.63, 3.8) is 0 Å². The van der Waals surface area contributed by atoms with Crippen molar-refractivity contribution in [1.29, 1.82) is 0 Å². The summed E-state index contributed by atoms with van der Waals surface area (Å²) in [6, 6.07) is 9.90. The van der Waals surface area contributed by atoms with Gasteiger partial charge in [0.25, 0.3) is 0 Å². The van der Waals surface area contributed by atoms with Gasteiger partial charge in [0.05, 0.1) is 18.6 Å². The van der Waals surface area contributed by atoms with Gasteiger partial charge in [0, 0.05) is 0 Å². The van der Waals surface area contributed by atoms with Crippen LogP contribution in [0.25, 0.3) is 0 Å². The molecule has 1 amide bonds. The molecule has 0 saturated heterocycles. The lowest BCUT2D eigenvalue weighted by Crippen LogP contribution is -2.34. The van der Waals surface area contributed by atoms with Crippen LogP contribution < -0.4 is 5.32 Å². The third-order valence-corrected chi connectivity index (χ3v) is 3.98. The third-order valence-electron chi connectivity index (χ3n) is 3.98. The second-order valence-electron chi connectivity index (χ2n) is 6.22. The molecule has 2 N–H and O–H groups in total. The van der Waals surface area contributed by atoms with Crippen molar-refractivity contribution in [2.24, 2.45) is 0 Å². The van der Waals surface area contributed by atoms with Crippen LogP contribution in [0, 0.1) is 0 Å². The van der Waals surface area contributed by atoms with Gasteiger partial charge in [-0.1, -0.05) is 57.0 Å². The number of aromatic nitrogens is 3. The van der Waals surface area contributed by atoms with E-state index in [1.807, 2.05) is 44.2 Å². The summed E-state index contributed by atoms with van der Waals surface area (Å²) in [6.45, 7) is 4.60. The predicted molar refractivity (Wildman–Crippen MR) is 93.6 cm³/mol. The fourth-order valence-electron chi connectivity index (χ4n) is 2.95. The van der Waals surface area contributed by atoms with E-state index in [1.54, 1.807) is 10.9 Å². The van der Waals surface area contributed by atoms with Crippen molar-refractivity contribution in [1.82, 2.24) is 14.8 Å². The monoisotopic (exact) mass is 330 g/mol. The predicted octanol–water partition coefficient (Wildman–Crippen LogP) is 2.99. The number of hydrogen-bond donors (Lipinski definition) is 2. The molecule has 6 nitrogen and oxygen atoms in total. The summed E-state index contributed by atoms with van der Waals surface area (Å²) < 4.78 is 1.78. The quantitative estimate of drug-likeness (QED) is 0.741. The molecule has 1 heterocycles. The molecule has 0 aliphatic heterocycles. The minimum absolute atomic E-state index is 0.0763. The maximum absolute atomic E-state index is 12.3. The molecule has 6 heteroatoms. The summed E-state index contributed by atoms with van der Waals surface area (Å²) in [5, 5.41) is 21.2. The van der Waals surface area contributed by atoms with Crippen molar-refractivity contribution in [2.75, 3.05) is 5.32 Å². The number of carbonyl (C=O) groups is 1. The molecule has 0 unspecified atom stereocenters. The summed E-state index contributed by atoms with van der Waals surface area (Å²) in [6.07, 6.45) is 4.58. The summed E-state index contributed by atoms with van der Waals surface area (Å²) in [7, 11) is 0. The van der Waals surface area contributed by atoms with Crippen LogP contribution >= 0.6 is 0 Å². The lowest BCUT2D eigenvalue weighted by Gasteiger charge is -2.26. The molecule has 1 aromatic carbocycles. The summed E-state index contributed by atoms with van der Waals surface area (Å²) in [5.41, 5.74) is 0.152. The highest BCUT2D eigenvalue weighted by atomic mass is 16.3. The highest BCUT2D eigenvalue weighted by Crippen LogP contribution is 2.24. The molecule has 0 saturated carbocycles. The zero-order chi connectivity index (χ0) is 17.4. The summed E-state index contributed by atoms with van der Waals surface area (Å²) >= 11 is 0. The van der Waals surface area contributed by atoms with Crippen molar-refractivity contribution in [3.05, 3.63) is 42.2 Å². The number of hydrogen-bond acceptors (Lipinski definition) is 4. The topological polar surface area (TPSA) is 80.0 Å². The van der Waals surface area contributed by atoms with Crippen molar-refractivity contribution >= 4 is 11.9 Å². The molecule has 2 aromatic rings. The zero-order valence-electron chi connectivity index (χ0n) is 14.4. The smallest absolute Gasteiger partial charge is 0.231 e. The average Bonchev–Trinajstić information content (AvgIpc) is 2.95. The third kappa shape index (κ3) is 5.16. The Labute approximate surface area is 142 Å². The molecule has 0 aliphatic rings. The molecule has 0 spiro atoms. The van der Waals surface area contributed by atoms with Crippen LogP contribution in [0.4, 0.5) is 5.95 Å². The number of nitrogens with one attached hydrogen (secondary N) is 1. The first-order chi connectivity index (χ1) is 11.6. The van der Waals surface area contributed by atoms with E-state index in [1.165, 1.54) is 0 Å². The highest BCUT2D eigenvalue weighted by Gasteiger charge is 2.28. The molecule has 0 aliphatic carbocycles. The molecule has 1 aromatic heterocycles. The van der Waals surface area contributed by atoms with Gasteiger partial charge >= 0.3 is 0 Å². The number of amides is 1. The van der Waals surface area contributed by atoms with Gasteiger partial charge in [0.2, 0.25) is 11.9 Å². The van der Waals surface area contributed by atoms with Gasteiger partial charge in [-0.05, 0) is 18.4 Å². The van der Waals surface area contributed by atoms with Crippen molar-refractivity contribution in [2.45, 2.75) is 58.1 Å². The largest absolute Gasteiger partial charge is 0.389 e. The minimum Gasteiger partial charge on any atom is -0.389 e. The van der Waals surface area contributed by atoms with Gasteiger partial charge < -0.3 is 5.11 Å². The first-order valence-corrected chi connectivity index (χ1v) is 8.50. The van der Waals surface area contributed by atoms with E-state index in [0.717, 1.165) is 18.4 Å². The fourth-order valence-corrected chi connectivity index (χ4v) is 2.95. The number of benzene rings is 1. The Morgan fingerprint density at radius 3 is 2.50 bits per heavy atom. The molecule has 0 atom stereocenters. The molecular formula is C18H26N4O2. The second-order valence-corrected chi connectivity index (χ2v) is 6.22. The molecule has 0 radical (unpaired) electrons. The maximum Gasteiger partial charge on any atom is 0.231 e. The molecule has 0 fully saturated rings. The lowest BCUT2D eigenvalue weighted by atomic mass is 9.89. The van der Waals surface area contributed by atoms with E-state index in [4.69, 9.17) is 0 Å². The molecule has 2 rings (SSSR count). The van der Waals surface area contributed by atoms with Crippen molar-refractivity contribution in [3.8, 4) is 0 Å². The number of aliphatic hydroxyl groups is 1. The Morgan fingerprint density at radius 2 is 1.88 bits per heavy atom. The second kappa shape index (κ2) is 8.59. The van der Waals surface area contributed by atoms with E-state index < -0.39 is 5.60 Å². The van der Waals surface area contributed by atoms with Gasteiger partial charge in [0.15, 0.2) is 0 Å². The van der Waals surface area contributed by atoms with Crippen LogP contribution in [0.3, 0.4) is 0 Å². The maximum atomic E-state index is 12.3. The lowest BCUT2D eigenvalue weighted by molar-refractivity contribution is -0.121. The van der Waals surface area contributed by atoms with Crippen LogP contribution in [0.5, 0.6) is 0 Å². The summed E-state index contributed by atoms with van der Waals surface area (Å²) in [5.74, 6) is 0.168. The number of nitrogens with zero attached hydrogens (tertiary/aromatic N) is 3. The Hall–Kier alpha value is -2.21. The number of carbonyl (C=O) groups excluding carboxylic acids is 1. The Kier molecular flexibility index (Phi) is 6.49.